The molecule has 0 saturated carbocycles. The summed E-state index contributed by atoms with van der Waals surface area (Å²) in [5.41, 5.74) is 4.19. The van der Waals surface area contributed by atoms with Gasteiger partial charge in [0.1, 0.15) is 12.4 Å². The first-order chi connectivity index (χ1) is 18.3. The SMILES string of the molecule is CCN(CC)CCOc1ccc(/C(=C(\Cl)c2ccccc2)c2ccccc2)cc1.O=C(O)CC(O)C(=O)O. The molecule has 7 nitrogen and oxygen atoms in total. The largest absolute Gasteiger partial charge is 0.492 e. The Hall–Kier alpha value is -3.65. The first-order valence-corrected chi connectivity index (χ1v) is 12.7. The molecule has 0 aliphatic rings. The number of aliphatic carboxylic acids is 2. The van der Waals surface area contributed by atoms with Gasteiger partial charge in [0, 0.05) is 12.1 Å². The lowest BCUT2D eigenvalue weighted by Crippen LogP contribution is -2.27. The van der Waals surface area contributed by atoms with Crippen LogP contribution in [0.3, 0.4) is 0 Å². The van der Waals surface area contributed by atoms with Crippen LogP contribution < -0.4 is 4.74 Å². The second-order valence-corrected chi connectivity index (χ2v) is 8.65. The third kappa shape index (κ3) is 10.0. The summed E-state index contributed by atoms with van der Waals surface area (Å²) in [4.78, 5) is 21.8. The van der Waals surface area contributed by atoms with E-state index in [2.05, 4.69) is 43.0 Å². The van der Waals surface area contributed by atoms with Crippen LogP contribution >= 0.6 is 11.6 Å². The molecule has 0 aliphatic heterocycles. The topological polar surface area (TPSA) is 107 Å². The summed E-state index contributed by atoms with van der Waals surface area (Å²) in [5.74, 6) is -1.97. The van der Waals surface area contributed by atoms with E-state index in [-0.39, 0.29) is 0 Å². The number of benzene rings is 3. The Morgan fingerprint density at radius 2 is 1.32 bits per heavy atom. The maximum absolute atomic E-state index is 9.72. The van der Waals surface area contributed by atoms with E-state index in [1.54, 1.807) is 0 Å². The van der Waals surface area contributed by atoms with Gasteiger partial charge in [-0.1, -0.05) is 98.2 Å². The zero-order chi connectivity index (χ0) is 27.9. The van der Waals surface area contributed by atoms with Gasteiger partial charge in [-0.2, -0.15) is 0 Å². The van der Waals surface area contributed by atoms with Gasteiger partial charge < -0.3 is 25.0 Å². The van der Waals surface area contributed by atoms with Gasteiger partial charge in [-0.15, -0.1) is 0 Å². The Balaban J connectivity index is 0.000000484. The highest BCUT2D eigenvalue weighted by molar-refractivity contribution is 6.53. The first kappa shape index (κ1) is 30.6. The fourth-order valence-corrected chi connectivity index (χ4v) is 3.90. The lowest BCUT2D eigenvalue weighted by atomic mass is 9.95. The number of aliphatic hydroxyl groups excluding tert-OH is 1. The Bertz CT molecular complexity index is 1160. The summed E-state index contributed by atoms with van der Waals surface area (Å²) in [5, 5.41) is 24.9. The molecule has 3 N–H and O–H groups in total. The molecule has 0 fully saturated rings. The van der Waals surface area contributed by atoms with Gasteiger partial charge >= 0.3 is 11.9 Å². The van der Waals surface area contributed by atoms with Crippen LogP contribution in [0.4, 0.5) is 0 Å². The van der Waals surface area contributed by atoms with Gasteiger partial charge in [0.25, 0.3) is 0 Å². The molecule has 0 bridgehead atoms. The Labute approximate surface area is 228 Å². The third-order valence-electron chi connectivity index (χ3n) is 5.68. The van der Waals surface area contributed by atoms with Crippen molar-refractivity contribution in [1.29, 1.82) is 0 Å². The highest BCUT2D eigenvalue weighted by atomic mass is 35.5. The minimum atomic E-state index is -1.79. The van der Waals surface area contributed by atoms with Crippen molar-refractivity contribution in [3.8, 4) is 5.75 Å². The molecule has 1 atom stereocenters. The van der Waals surface area contributed by atoms with Crippen LogP contribution in [0.5, 0.6) is 5.75 Å². The number of hydrogen-bond donors (Lipinski definition) is 3. The van der Waals surface area contributed by atoms with Crippen molar-refractivity contribution in [1.82, 2.24) is 4.90 Å². The molecular weight excluding hydrogens is 506 g/mol. The fraction of sp³-hybridized carbons (Fsp3) is 0.267. The normalized spacial score (nSPS) is 12.1. The van der Waals surface area contributed by atoms with E-state index < -0.39 is 24.5 Å². The number of rotatable bonds is 12. The van der Waals surface area contributed by atoms with Gasteiger partial charge in [-0.05, 0) is 41.9 Å². The Kier molecular flexibility index (Phi) is 13.1. The van der Waals surface area contributed by atoms with Crippen molar-refractivity contribution < 1.29 is 29.6 Å². The average Bonchev–Trinajstić information content (AvgIpc) is 2.93. The number of likely N-dealkylation sites (N-methyl/N-ethyl adjacent to an activating group) is 1. The highest BCUT2D eigenvalue weighted by Crippen LogP contribution is 2.35. The smallest absolute Gasteiger partial charge is 0.333 e. The zero-order valence-electron chi connectivity index (χ0n) is 21.6. The minimum absolute atomic E-state index is 0.688. The molecule has 3 aromatic rings. The molecule has 1 unspecified atom stereocenters. The van der Waals surface area contributed by atoms with E-state index in [1.807, 2.05) is 60.7 Å². The van der Waals surface area contributed by atoms with Crippen molar-refractivity contribution in [2.24, 2.45) is 0 Å². The molecule has 3 aromatic carbocycles. The van der Waals surface area contributed by atoms with E-state index in [0.717, 1.165) is 52.7 Å². The summed E-state index contributed by atoms with van der Waals surface area (Å²) in [6, 6.07) is 28.6. The van der Waals surface area contributed by atoms with E-state index in [0.29, 0.717) is 6.61 Å². The van der Waals surface area contributed by atoms with Crippen LogP contribution in [-0.2, 0) is 9.59 Å². The van der Waals surface area contributed by atoms with Crippen molar-refractivity contribution >= 4 is 34.1 Å². The molecule has 0 spiro atoms. The number of nitrogens with zero attached hydrogens (tertiary/aromatic N) is 1. The van der Waals surface area contributed by atoms with Crippen molar-refractivity contribution in [3.05, 3.63) is 102 Å². The quantitative estimate of drug-likeness (QED) is 0.262. The van der Waals surface area contributed by atoms with Crippen LogP contribution in [0.15, 0.2) is 84.9 Å². The van der Waals surface area contributed by atoms with Crippen molar-refractivity contribution in [3.63, 3.8) is 0 Å². The molecule has 0 aliphatic carbocycles. The average molecular weight is 540 g/mol. The van der Waals surface area contributed by atoms with Crippen LogP contribution in [0.2, 0.25) is 0 Å². The van der Waals surface area contributed by atoms with E-state index in [4.69, 9.17) is 31.7 Å². The van der Waals surface area contributed by atoms with Crippen LogP contribution in [0, 0.1) is 0 Å². The second-order valence-electron chi connectivity index (χ2n) is 8.27. The predicted octanol–water partition coefficient (Wildman–Crippen LogP) is 5.47. The standard InChI is InChI=1S/C26H28ClNO.C4H6O5/c1-3-28(4-2)19-20-29-24-17-15-22(16-18-24)25(21-11-7-5-8-12-21)26(27)23-13-9-6-10-14-23;5-2(4(8)9)1-3(6)7/h5-18H,3-4,19-20H2,1-2H3;2,5H,1H2,(H,6,7)(H,8,9)/b26-25-;. The van der Waals surface area contributed by atoms with Gasteiger partial charge in [0.05, 0.1) is 11.5 Å². The number of aliphatic hydroxyl groups is 1. The monoisotopic (exact) mass is 539 g/mol. The molecule has 0 radical (unpaired) electrons. The molecule has 202 valence electrons. The minimum Gasteiger partial charge on any atom is -0.492 e. The summed E-state index contributed by atoms with van der Waals surface area (Å²) < 4.78 is 5.94. The maximum atomic E-state index is 9.72. The van der Waals surface area contributed by atoms with Crippen molar-refractivity contribution in [2.75, 3.05) is 26.2 Å². The number of halogens is 1. The summed E-state index contributed by atoms with van der Waals surface area (Å²) >= 11 is 6.87. The van der Waals surface area contributed by atoms with Crippen LogP contribution in [-0.4, -0.2) is 64.5 Å². The van der Waals surface area contributed by atoms with E-state index >= 15 is 0 Å². The van der Waals surface area contributed by atoms with Crippen LogP contribution in [0.1, 0.15) is 37.0 Å². The summed E-state index contributed by atoms with van der Waals surface area (Å²) in [6.07, 6.45) is -2.54. The summed E-state index contributed by atoms with van der Waals surface area (Å²) in [7, 11) is 0. The van der Waals surface area contributed by atoms with E-state index in [1.165, 1.54) is 0 Å². The van der Waals surface area contributed by atoms with Crippen molar-refractivity contribution in [2.45, 2.75) is 26.4 Å². The highest BCUT2D eigenvalue weighted by Gasteiger charge is 2.16. The number of carboxylic acids is 2. The molecular formula is C30H34ClNO6. The fourth-order valence-electron chi connectivity index (χ4n) is 3.56. The van der Waals surface area contributed by atoms with E-state index in [9.17, 15) is 9.59 Å². The number of hydrogen-bond acceptors (Lipinski definition) is 5. The molecule has 0 heterocycles. The number of ether oxygens (including phenoxy) is 1. The van der Waals surface area contributed by atoms with Gasteiger partial charge in [0.15, 0.2) is 6.10 Å². The molecule has 0 saturated heterocycles. The van der Waals surface area contributed by atoms with Gasteiger partial charge in [0.2, 0.25) is 0 Å². The Morgan fingerprint density at radius 3 is 1.76 bits per heavy atom. The molecule has 3 rings (SSSR count). The molecule has 38 heavy (non-hydrogen) atoms. The number of carboxylic acid groups (broad SMARTS) is 2. The molecule has 8 heteroatoms. The first-order valence-electron chi connectivity index (χ1n) is 12.4. The molecule has 0 amide bonds. The third-order valence-corrected chi connectivity index (χ3v) is 6.08. The number of carbonyl (C=O) groups is 2. The zero-order valence-corrected chi connectivity index (χ0v) is 22.3. The Morgan fingerprint density at radius 1 is 0.816 bits per heavy atom. The second kappa shape index (κ2) is 16.2. The van der Waals surface area contributed by atoms with Gasteiger partial charge in [-0.3, -0.25) is 4.79 Å². The summed E-state index contributed by atoms with van der Waals surface area (Å²) in [6.45, 7) is 8.05. The van der Waals surface area contributed by atoms with Crippen LogP contribution in [0.25, 0.3) is 10.6 Å². The maximum Gasteiger partial charge on any atom is 0.333 e. The lowest BCUT2D eigenvalue weighted by molar-refractivity contribution is -0.152. The lowest BCUT2D eigenvalue weighted by Gasteiger charge is -2.18. The van der Waals surface area contributed by atoms with Gasteiger partial charge in [-0.25, -0.2) is 4.79 Å². The predicted molar refractivity (Wildman–Crippen MR) is 150 cm³/mol. The molecule has 0 aromatic heterocycles.